The van der Waals surface area contributed by atoms with Crippen molar-refractivity contribution in [1.29, 1.82) is 0 Å². The fourth-order valence-corrected chi connectivity index (χ4v) is 1.85. The highest BCUT2D eigenvalue weighted by Gasteiger charge is 2.12. The third-order valence-corrected chi connectivity index (χ3v) is 2.65. The molecule has 0 amide bonds. The van der Waals surface area contributed by atoms with Crippen molar-refractivity contribution >= 4 is 11.7 Å². The number of hydrogen-bond acceptors (Lipinski definition) is 3. The van der Waals surface area contributed by atoms with Gasteiger partial charge in [-0.3, -0.25) is 14.9 Å². The maximum atomic E-state index is 10.9. The molecule has 0 heterocycles. The average molecular weight is 257 g/mol. The Morgan fingerprint density at radius 1 is 1.11 bits per heavy atom. The SMILES string of the molecule is O=C(O)Cc1cc(-c2ccccc2)cc([N+](=O)[O-])c1. The Morgan fingerprint density at radius 3 is 2.37 bits per heavy atom. The quantitative estimate of drug-likeness (QED) is 0.674. The van der Waals surface area contributed by atoms with E-state index in [1.54, 1.807) is 6.07 Å². The van der Waals surface area contributed by atoms with E-state index in [0.29, 0.717) is 11.1 Å². The van der Waals surface area contributed by atoms with Gasteiger partial charge in [0.05, 0.1) is 11.3 Å². The summed E-state index contributed by atoms with van der Waals surface area (Å²) in [6.07, 6.45) is -0.235. The highest BCUT2D eigenvalue weighted by atomic mass is 16.6. The molecule has 2 rings (SSSR count). The molecule has 0 unspecified atom stereocenters. The lowest BCUT2D eigenvalue weighted by molar-refractivity contribution is -0.384. The first-order chi connectivity index (χ1) is 9.06. The fourth-order valence-electron chi connectivity index (χ4n) is 1.85. The lowest BCUT2D eigenvalue weighted by Crippen LogP contribution is -2.01. The summed E-state index contributed by atoms with van der Waals surface area (Å²) in [5.41, 5.74) is 1.78. The topological polar surface area (TPSA) is 80.4 Å². The molecule has 19 heavy (non-hydrogen) atoms. The van der Waals surface area contributed by atoms with Gasteiger partial charge in [-0.15, -0.1) is 0 Å². The smallest absolute Gasteiger partial charge is 0.307 e. The van der Waals surface area contributed by atoms with Crippen LogP contribution in [0.1, 0.15) is 5.56 Å². The Hall–Kier alpha value is -2.69. The maximum absolute atomic E-state index is 10.9. The van der Waals surface area contributed by atoms with E-state index >= 15 is 0 Å². The van der Waals surface area contributed by atoms with E-state index in [1.807, 2.05) is 30.3 Å². The van der Waals surface area contributed by atoms with Crippen LogP contribution in [0.25, 0.3) is 11.1 Å². The Morgan fingerprint density at radius 2 is 1.79 bits per heavy atom. The van der Waals surface area contributed by atoms with Gasteiger partial charge in [0, 0.05) is 12.1 Å². The lowest BCUT2D eigenvalue weighted by atomic mass is 10.0. The lowest BCUT2D eigenvalue weighted by Gasteiger charge is -2.05. The van der Waals surface area contributed by atoms with Crippen molar-refractivity contribution in [3.05, 3.63) is 64.2 Å². The second kappa shape index (κ2) is 5.30. The van der Waals surface area contributed by atoms with Gasteiger partial charge in [-0.25, -0.2) is 0 Å². The number of aliphatic carboxylic acids is 1. The molecule has 5 heteroatoms. The largest absolute Gasteiger partial charge is 0.481 e. The molecule has 2 aromatic rings. The molecular formula is C14H11NO4. The van der Waals surface area contributed by atoms with E-state index in [1.165, 1.54) is 12.1 Å². The Balaban J connectivity index is 2.51. The summed E-state index contributed by atoms with van der Waals surface area (Å²) >= 11 is 0. The molecule has 0 saturated heterocycles. The van der Waals surface area contributed by atoms with Crippen LogP contribution in [0.15, 0.2) is 48.5 Å². The molecule has 96 valence electrons. The second-order valence-corrected chi connectivity index (χ2v) is 4.08. The second-order valence-electron chi connectivity index (χ2n) is 4.08. The first kappa shape index (κ1) is 12.8. The summed E-state index contributed by atoms with van der Waals surface area (Å²) in [6, 6.07) is 13.5. The zero-order valence-corrected chi connectivity index (χ0v) is 9.95. The predicted molar refractivity (Wildman–Crippen MR) is 69.9 cm³/mol. The molecule has 5 nitrogen and oxygen atoms in total. The molecule has 0 saturated carbocycles. The van der Waals surface area contributed by atoms with Gasteiger partial charge < -0.3 is 5.11 Å². The van der Waals surface area contributed by atoms with Crippen molar-refractivity contribution < 1.29 is 14.8 Å². The number of hydrogen-bond donors (Lipinski definition) is 1. The number of nitro benzene ring substituents is 1. The van der Waals surface area contributed by atoms with Gasteiger partial charge in [0.2, 0.25) is 0 Å². The van der Waals surface area contributed by atoms with Crippen molar-refractivity contribution in [3.8, 4) is 11.1 Å². The van der Waals surface area contributed by atoms with Gasteiger partial charge in [-0.2, -0.15) is 0 Å². The highest BCUT2D eigenvalue weighted by Crippen LogP contribution is 2.26. The van der Waals surface area contributed by atoms with Crippen LogP contribution in [-0.4, -0.2) is 16.0 Å². The van der Waals surface area contributed by atoms with Crippen LogP contribution in [-0.2, 0) is 11.2 Å². The minimum absolute atomic E-state index is 0.0994. The summed E-state index contributed by atoms with van der Waals surface area (Å²) in [5.74, 6) is -1.01. The summed E-state index contributed by atoms with van der Waals surface area (Å²) in [7, 11) is 0. The van der Waals surface area contributed by atoms with Crippen LogP contribution in [0.3, 0.4) is 0 Å². The monoisotopic (exact) mass is 257 g/mol. The molecule has 1 N–H and O–H groups in total. The van der Waals surface area contributed by atoms with Gasteiger partial charge in [0.15, 0.2) is 0 Å². The number of carboxylic acid groups (broad SMARTS) is 1. The van der Waals surface area contributed by atoms with Crippen LogP contribution < -0.4 is 0 Å². The first-order valence-corrected chi connectivity index (χ1v) is 5.62. The Labute approximate surface area is 109 Å². The van der Waals surface area contributed by atoms with E-state index < -0.39 is 10.9 Å². The van der Waals surface area contributed by atoms with Crippen LogP contribution in [0.2, 0.25) is 0 Å². The zero-order valence-electron chi connectivity index (χ0n) is 9.95. The summed E-state index contributed by atoms with van der Waals surface area (Å²) in [5, 5.41) is 19.7. The Kier molecular flexibility index (Phi) is 3.56. The third-order valence-electron chi connectivity index (χ3n) is 2.65. The van der Waals surface area contributed by atoms with Gasteiger partial charge in [0.25, 0.3) is 5.69 Å². The molecule has 0 bridgehead atoms. The molecular weight excluding hydrogens is 246 g/mol. The van der Waals surface area contributed by atoms with Gasteiger partial charge in [0.1, 0.15) is 0 Å². The number of nitrogens with zero attached hydrogens (tertiary/aromatic N) is 1. The van der Waals surface area contributed by atoms with E-state index in [-0.39, 0.29) is 12.1 Å². The van der Waals surface area contributed by atoms with Gasteiger partial charge in [-0.05, 0) is 16.7 Å². The number of carboxylic acids is 1. The molecule has 0 aromatic heterocycles. The molecule has 0 atom stereocenters. The molecule has 0 radical (unpaired) electrons. The highest BCUT2D eigenvalue weighted by molar-refractivity contribution is 5.73. The van der Waals surface area contributed by atoms with Crippen LogP contribution >= 0.6 is 0 Å². The maximum Gasteiger partial charge on any atom is 0.307 e. The molecule has 0 fully saturated rings. The number of benzene rings is 2. The van der Waals surface area contributed by atoms with Crippen molar-refractivity contribution in [2.24, 2.45) is 0 Å². The number of non-ortho nitro benzene ring substituents is 1. The van der Waals surface area contributed by atoms with Crippen molar-refractivity contribution in [2.45, 2.75) is 6.42 Å². The van der Waals surface area contributed by atoms with Crippen molar-refractivity contribution in [2.75, 3.05) is 0 Å². The van der Waals surface area contributed by atoms with Gasteiger partial charge >= 0.3 is 5.97 Å². The zero-order chi connectivity index (χ0) is 13.8. The summed E-state index contributed by atoms with van der Waals surface area (Å²) in [6.45, 7) is 0. The van der Waals surface area contributed by atoms with E-state index in [4.69, 9.17) is 5.11 Å². The van der Waals surface area contributed by atoms with Crippen molar-refractivity contribution in [3.63, 3.8) is 0 Å². The number of rotatable bonds is 4. The van der Waals surface area contributed by atoms with Crippen LogP contribution in [0, 0.1) is 10.1 Å². The van der Waals surface area contributed by atoms with E-state index in [0.717, 1.165) is 5.56 Å². The molecule has 0 aliphatic heterocycles. The van der Waals surface area contributed by atoms with Gasteiger partial charge in [-0.1, -0.05) is 36.4 Å². The fraction of sp³-hybridized carbons (Fsp3) is 0.0714. The Bertz CT molecular complexity index is 623. The van der Waals surface area contributed by atoms with E-state index in [9.17, 15) is 14.9 Å². The molecule has 0 aliphatic carbocycles. The molecule has 0 aliphatic rings. The third kappa shape index (κ3) is 3.16. The van der Waals surface area contributed by atoms with E-state index in [2.05, 4.69) is 0 Å². The minimum Gasteiger partial charge on any atom is -0.481 e. The van der Waals surface area contributed by atoms with Crippen LogP contribution in [0.4, 0.5) is 5.69 Å². The normalized spacial score (nSPS) is 10.1. The van der Waals surface area contributed by atoms with Crippen LogP contribution in [0.5, 0.6) is 0 Å². The molecule has 2 aromatic carbocycles. The summed E-state index contributed by atoms with van der Waals surface area (Å²) in [4.78, 5) is 21.1. The number of nitro groups is 1. The summed E-state index contributed by atoms with van der Waals surface area (Å²) < 4.78 is 0. The minimum atomic E-state index is -1.01. The standard InChI is InChI=1S/C14H11NO4/c16-14(17)8-10-6-12(9-13(7-10)15(18)19)11-4-2-1-3-5-11/h1-7,9H,8H2,(H,16,17). The average Bonchev–Trinajstić information content (AvgIpc) is 2.38. The first-order valence-electron chi connectivity index (χ1n) is 5.62. The number of carbonyl (C=O) groups is 1. The predicted octanol–water partition coefficient (Wildman–Crippen LogP) is 2.89. The molecule has 0 spiro atoms. The van der Waals surface area contributed by atoms with Crippen molar-refractivity contribution in [1.82, 2.24) is 0 Å².